The SMILES string of the molecule is O=C(Nc1ccc(CNc2nc(Cl)nc3ccccc23)cc1)c1ccc(Cl)cc1. The van der Waals surface area contributed by atoms with Gasteiger partial charge in [0.25, 0.3) is 5.91 Å². The highest BCUT2D eigenvalue weighted by Gasteiger charge is 2.08. The number of amides is 1. The summed E-state index contributed by atoms with van der Waals surface area (Å²) in [5.41, 5.74) is 3.08. The summed E-state index contributed by atoms with van der Waals surface area (Å²) in [5.74, 6) is 0.496. The van der Waals surface area contributed by atoms with Crippen LogP contribution >= 0.6 is 23.2 Å². The summed E-state index contributed by atoms with van der Waals surface area (Å²) in [4.78, 5) is 20.8. The number of rotatable bonds is 5. The molecule has 1 aromatic heterocycles. The molecule has 4 aromatic rings. The van der Waals surface area contributed by atoms with E-state index in [1.807, 2.05) is 48.5 Å². The largest absolute Gasteiger partial charge is 0.365 e. The summed E-state index contributed by atoms with van der Waals surface area (Å²) < 4.78 is 0. The van der Waals surface area contributed by atoms with E-state index in [-0.39, 0.29) is 11.2 Å². The third-order valence-electron chi connectivity index (χ3n) is 4.35. The zero-order valence-electron chi connectivity index (χ0n) is 15.2. The fourth-order valence-electron chi connectivity index (χ4n) is 2.88. The number of halogens is 2. The van der Waals surface area contributed by atoms with Crippen LogP contribution < -0.4 is 10.6 Å². The molecule has 0 saturated heterocycles. The molecule has 5 nitrogen and oxygen atoms in total. The van der Waals surface area contributed by atoms with Crippen molar-refractivity contribution < 1.29 is 4.79 Å². The number of anilines is 2. The molecule has 7 heteroatoms. The molecule has 29 heavy (non-hydrogen) atoms. The molecule has 1 heterocycles. The van der Waals surface area contributed by atoms with Gasteiger partial charge in [0.1, 0.15) is 5.82 Å². The van der Waals surface area contributed by atoms with E-state index in [4.69, 9.17) is 23.2 Å². The van der Waals surface area contributed by atoms with Gasteiger partial charge in [-0.3, -0.25) is 4.79 Å². The average Bonchev–Trinajstić information content (AvgIpc) is 2.73. The van der Waals surface area contributed by atoms with Crippen LogP contribution in [0.25, 0.3) is 10.9 Å². The molecule has 0 fully saturated rings. The minimum Gasteiger partial charge on any atom is -0.365 e. The Hall–Kier alpha value is -3.15. The first-order chi connectivity index (χ1) is 14.1. The highest BCUT2D eigenvalue weighted by Crippen LogP contribution is 2.22. The lowest BCUT2D eigenvalue weighted by atomic mass is 10.1. The van der Waals surface area contributed by atoms with Gasteiger partial charge < -0.3 is 10.6 Å². The number of carbonyl (C=O) groups is 1. The van der Waals surface area contributed by atoms with Crippen LogP contribution in [0.3, 0.4) is 0 Å². The second kappa shape index (κ2) is 8.47. The molecule has 0 atom stereocenters. The number of hydrogen-bond acceptors (Lipinski definition) is 4. The molecule has 0 radical (unpaired) electrons. The third-order valence-corrected chi connectivity index (χ3v) is 4.78. The lowest BCUT2D eigenvalue weighted by Crippen LogP contribution is -2.11. The highest BCUT2D eigenvalue weighted by molar-refractivity contribution is 6.30. The Labute approximate surface area is 177 Å². The molecule has 1 amide bonds. The smallest absolute Gasteiger partial charge is 0.255 e. The monoisotopic (exact) mass is 422 g/mol. The Morgan fingerprint density at radius 2 is 1.59 bits per heavy atom. The molecule has 0 saturated carbocycles. The van der Waals surface area contributed by atoms with Crippen LogP contribution in [-0.2, 0) is 6.54 Å². The predicted molar refractivity (Wildman–Crippen MR) is 118 cm³/mol. The van der Waals surface area contributed by atoms with Gasteiger partial charge in [0.05, 0.1) is 5.52 Å². The molecule has 0 bridgehead atoms. The van der Waals surface area contributed by atoms with Crippen LogP contribution in [0.5, 0.6) is 0 Å². The maximum atomic E-state index is 12.3. The molecule has 0 spiro atoms. The normalized spacial score (nSPS) is 10.7. The topological polar surface area (TPSA) is 66.9 Å². The van der Waals surface area contributed by atoms with E-state index in [1.54, 1.807) is 24.3 Å². The first kappa shape index (κ1) is 19.2. The molecule has 3 aromatic carbocycles. The standard InChI is InChI=1S/C22H16Cl2N4O/c23-16-9-7-15(8-10-16)21(29)26-17-11-5-14(6-12-17)13-25-20-18-3-1-2-4-19(18)27-22(24)28-20/h1-12H,13H2,(H,26,29)(H,25,27,28). The van der Waals surface area contributed by atoms with Crippen LogP contribution in [-0.4, -0.2) is 15.9 Å². The van der Waals surface area contributed by atoms with E-state index in [0.29, 0.717) is 28.6 Å². The zero-order valence-corrected chi connectivity index (χ0v) is 16.7. The van der Waals surface area contributed by atoms with Gasteiger partial charge in [-0.15, -0.1) is 0 Å². The lowest BCUT2D eigenvalue weighted by molar-refractivity contribution is 0.102. The number of benzene rings is 3. The van der Waals surface area contributed by atoms with Crippen molar-refractivity contribution in [2.24, 2.45) is 0 Å². The molecular weight excluding hydrogens is 407 g/mol. The van der Waals surface area contributed by atoms with Gasteiger partial charge in [-0.05, 0) is 65.7 Å². The number of carbonyl (C=O) groups excluding carboxylic acids is 1. The van der Waals surface area contributed by atoms with E-state index in [1.165, 1.54) is 0 Å². The van der Waals surface area contributed by atoms with Gasteiger partial charge in [0.15, 0.2) is 0 Å². The first-order valence-electron chi connectivity index (χ1n) is 8.90. The van der Waals surface area contributed by atoms with Crippen molar-refractivity contribution in [3.05, 3.63) is 94.2 Å². The summed E-state index contributed by atoms with van der Waals surface area (Å²) >= 11 is 11.9. The Balaban J connectivity index is 1.42. The number of nitrogens with zero attached hydrogens (tertiary/aromatic N) is 2. The zero-order chi connectivity index (χ0) is 20.2. The molecule has 0 aliphatic rings. The maximum absolute atomic E-state index is 12.3. The fourth-order valence-corrected chi connectivity index (χ4v) is 3.18. The number of nitrogens with one attached hydrogen (secondary N) is 2. The van der Waals surface area contributed by atoms with Gasteiger partial charge in [-0.1, -0.05) is 35.9 Å². The molecule has 4 rings (SSSR count). The number of hydrogen-bond donors (Lipinski definition) is 2. The molecule has 0 unspecified atom stereocenters. The Morgan fingerprint density at radius 1 is 0.862 bits per heavy atom. The Morgan fingerprint density at radius 3 is 2.34 bits per heavy atom. The molecule has 2 N–H and O–H groups in total. The summed E-state index contributed by atoms with van der Waals surface area (Å²) in [5, 5.41) is 7.87. The van der Waals surface area contributed by atoms with E-state index in [0.717, 1.165) is 16.5 Å². The minimum absolute atomic E-state index is 0.186. The summed E-state index contributed by atoms with van der Waals surface area (Å²) in [6, 6.07) is 22.0. The number of para-hydroxylation sites is 1. The van der Waals surface area contributed by atoms with Gasteiger partial charge >= 0.3 is 0 Å². The molecule has 144 valence electrons. The van der Waals surface area contributed by atoms with Crippen LogP contribution in [0.4, 0.5) is 11.5 Å². The van der Waals surface area contributed by atoms with E-state index in [9.17, 15) is 4.79 Å². The molecule has 0 aliphatic carbocycles. The third kappa shape index (κ3) is 4.65. The fraction of sp³-hybridized carbons (Fsp3) is 0.0455. The highest BCUT2D eigenvalue weighted by atomic mass is 35.5. The predicted octanol–water partition coefficient (Wildman–Crippen LogP) is 5.80. The summed E-state index contributed by atoms with van der Waals surface area (Å²) in [7, 11) is 0. The molecular formula is C22H16Cl2N4O. The first-order valence-corrected chi connectivity index (χ1v) is 9.66. The second-order valence-electron chi connectivity index (χ2n) is 6.37. The van der Waals surface area contributed by atoms with Gasteiger partial charge in [-0.2, -0.15) is 0 Å². The Bertz CT molecular complexity index is 1160. The van der Waals surface area contributed by atoms with E-state index >= 15 is 0 Å². The van der Waals surface area contributed by atoms with E-state index in [2.05, 4.69) is 20.6 Å². The minimum atomic E-state index is -0.186. The quantitative estimate of drug-likeness (QED) is 0.398. The lowest BCUT2D eigenvalue weighted by Gasteiger charge is -2.10. The average molecular weight is 423 g/mol. The van der Waals surface area contributed by atoms with Crippen molar-refractivity contribution in [1.29, 1.82) is 0 Å². The molecule has 0 aliphatic heterocycles. The summed E-state index contributed by atoms with van der Waals surface area (Å²) in [6.45, 7) is 0.558. The van der Waals surface area contributed by atoms with Gasteiger partial charge in [0, 0.05) is 28.2 Å². The van der Waals surface area contributed by atoms with E-state index < -0.39 is 0 Å². The van der Waals surface area contributed by atoms with Crippen molar-refractivity contribution in [1.82, 2.24) is 9.97 Å². The van der Waals surface area contributed by atoms with Crippen molar-refractivity contribution in [2.45, 2.75) is 6.54 Å². The van der Waals surface area contributed by atoms with Crippen LogP contribution in [0.15, 0.2) is 72.8 Å². The maximum Gasteiger partial charge on any atom is 0.255 e. The van der Waals surface area contributed by atoms with Crippen LogP contribution in [0.2, 0.25) is 10.3 Å². The van der Waals surface area contributed by atoms with Crippen molar-refractivity contribution >= 4 is 51.5 Å². The van der Waals surface area contributed by atoms with Crippen molar-refractivity contribution in [3.63, 3.8) is 0 Å². The van der Waals surface area contributed by atoms with Crippen molar-refractivity contribution in [2.75, 3.05) is 10.6 Å². The van der Waals surface area contributed by atoms with Crippen molar-refractivity contribution in [3.8, 4) is 0 Å². The van der Waals surface area contributed by atoms with Crippen LogP contribution in [0, 0.1) is 0 Å². The van der Waals surface area contributed by atoms with Crippen LogP contribution in [0.1, 0.15) is 15.9 Å². The van der Waals surface area contributed by atoms with Gasteiger partial charge in [-0.25, -0.2) is 9.97 Å². The Kier molecular flexibility index (Phi) is 5.60. The summed E-state index contributed by atoms with van der Waals surface area (Å²) in [6.07, 6.45) is 0. The second-order valence-corrected chi connectivity index (χ2v) is 7.14. The van der Waals surface area contributed by atoms with Gasteiger partial charge in [0.2, 0.25) is 5.28 Å². The number of fused-ring (bicyclic) bond motifs is 1. The number of aromatic nitrogens is 2.